The summed E-state index contributed by atoms with van der Waals surface area (Å²) in [5.41, 5.74) is 0.384. The van der Waals surface area contributed by atoms with Crippen LogP contribution in [0.3, 0.4) is 0 Å². The van der Waals surface area contributed by atoms with E-state index in [1.54, 1.807) is 30.3 Å². The first-order valence-electron chi connectivity index (χ1n) is 6.27. The first kappa shape index (κ1) is 14.5. The van der Waals surface area contributed by atoms with E-state index in [0.29, 0.717) is 5.56 Å². The standard InChI is InChI=1S/C14H16O6/c1-9(15)19-11-7-18-8-12(13(11)16)20-14(17)10-5-3-2-4-6-10/h2-6,11-13,16H,7-8H2,1H3/t11-,12?,13?/m0/s1. The van der Waals surface area contributed by atoms with Crippen molar-refractivity contribution < 1.29 is 28.9 Å². The van der Waals surface area contributed by atoms with Crippen molar-refractivity contribution in [2.24, 2.45) is 0 Å². The van der Waals surface area contributed by atoms with Crippen molar-refractivity contribution >= 4 is 11.9 Å². The maximum Gasteiger partial charge on any atom is 0.338 e. The summed E-state index contributed by atoms with van der Waals surface area (Å²) in [5.74, 6) is -1.07. The zero-order valence-corrected chi connectivity index (χ0v) is 11.0. The van der Waals surface area contributed by atoms with Crippen LogP contribution in [0.5, 0.6) is 0 Å². The van der Waals surface area contributed by atoms with Crippen molar-refractivity contribution in [1.82, 2.24) is 0 Å². The second-order valence-corrected chi connectivity index (χ2v) is 4.49. The van der Waals surface area contributed by atoms with Gasteiger partial charge < -0.3 is 19.3 Å². The third kappa shape index (κ3) is 3.55. The lowest BCUT2D eigenvalue weighted by molar-refractivity contribution is -0.184. The van der Waals surface area contributed by atoms with Gasteiger partial charge in [0.05, 0.1) is 18.8 Å². The Balaban J connectivity index is 1.98. The van der Waals surface area contributed by atoms with Gasteiger partial charge in [0.15, 0.2) is 12.2 Å². The minimum absolute atomic E-state index is 0.0670. The first-order valence-corrected chi connectivity index (χ1v) is 6.27. The molecule has 1 N–H and O–H groups in total. The van der Waals surface area contributed by atoms with Gasteiger partial charge in [0.1, 0.15) is 6.10 Å². The topological polar surface area (TPSA) is 82.1 Å². The Morgan fingerprint density at radius 2 is 1.75 bits per heavy atom. The van der Waals surface area contributed by atoms with Gasteiger partial charge in [-0.3, -0.25) is 4.79 Å². The Morgan fingerprint density at radius 1 is 1.15 bits per heavy atom. The highest BCUT2D eigenvalue weighted by Crippen LogP contribution is 2.17. The molecule has 20 heavy (non-hydrogen) atoms. The number of carbonyl (C=O) groups is 2. The van der Waals surface area contributed by atoms with Crippen molar-refractivity contribution in [3.63, 3.8) is 0 Å². The van der Waals surface area contributed by atoms with Crippen molar-refractivity contribution in [1.29, 1.82) is 0 Å². The minimum Gasteiger partial charge on any atom is -0.457 e. The molecule has 6 nitrogen and oxygen atoms in total. The molecule has 6 heteroatoms. The minimum atomic E-state index is -1.10. The van der Waals surface area contributed by atoms with E-state index in [2.05, 4.69) is 0 Å². The van der Waals surface area contributed by atoms with Crippen molar-refractivity contribution in [3.8, 4) is 0 Å². The second-order valence-electron chi connectivity index (χ2n) is 4.49. The fraction of sp³-hybridized carbons (Fsp3) is 0.429. The molecule has 1 fully saturated rings. The van der Waals surface area contributed by atoms with E-state index in [4.69, 9.17) is 14.2 Å². The molecule has 0 amide bonds. The predicted octanol–water partition coefficient (Wildman–Crippen LogP) is 0.535. The van der Waals surface area contributed by atoms with E-state index in [-0.39, 0.29) is 13.2 Å². The largest absolute Gasteiger partial charge is 0.457 e. The number of hydrogen-bond acceptors (Lipinski definition) is 6. The molecule has 1 aliphatic rings. The van der Waals surface area contributed by atoms with Gasteiger partial charge in [0.25, 0.3) is 0 Å². The van der Waals surface area contributed by atoms with Gasteiger partial charge in [-0.25, -0.2) is 4.79 Å². The number of aliphatic hydroxyl groups is 1. The molecule has 1 aromatic carbocycles. The van der Waals surface area contributed by atoms with E-state index in [1.807, 2.05) is 0 Å². The van der Waals surface area contributed by atoms with Crippen LogP contribution >= 0.6 is 0 Å². The number of rotatable bonds is 3. The molecule has 0 spiro atoms. The lowest BCUT2D eigenvalue weighted by Gasteiger charge is -2.33. The monoisotopic (exact) mass is 280 g/mol. The fourth-order valence-electron chi connectivity index (χ4n) is 1.94. The van der Waals surface area contributed by atoms with E-state index in [0.717, 1.165) is 0 Å². The third-order valence-corrected chi connectivity index (χ3v) is 2.91. The molecule has 0 radical (unpaired) electrons. The van der Waals surface area contributed by atoms with E-state index in [1.165, 1.54) is 6.92 Å². The summed E-state index contributed by atoms with van der Waals surface area (Å²) >= 11 is 0. The van der Waals surface area contributed by atoms with Gasteiger partial charge in [-0.1, -0.05) is 18.2 Å². The highest BCUT2D eigenvalue weighted by Gasteiger charge is 2.37. The molecule has 0 aliphatic carbocycles. The number of ether oxygens (including phenoxy) is 3. The number of hydrogen-bond donors (Lipinski definition) is 1. The van der Waals surface area contributed by atoms with Crippen molar-refractivity contribution in [2.45, 2.75) is 25.2 Å². The lowest BCUT2D eigenvalue weighted by Crippen LogP contribution is -2.51. The Labute approximate surface area is 116 Å². The van der Waals surface area contributed by atoms with Crippen LogP contribution in [0, 0.1) is 0 Å². The van der Waals surface area contributed by atoms with Crippen molar-refractivity contribution in [2.75, 3.05) is 13.2 Å². The molecule has 2 unspecified atom stereocenters. The summed E-state index contributed by atoms with van der Waals surface area (Å²) in [6.07, 6.45) is -2.78. The van der Waals surface area contributed by atoms with E-state index < -0.39 is 30.3 Å². The Kier molecular flexibility index (Phi) is 4.70. The Bertz CT molecular complexity index is 472. The highest BCUT2D eigenvalue weighted by atomic mass is 16.6. The summed E-state index contributed by atoms with van der Waals surface area (Å²) in [5, 5.41) is 10.0. The van der Waals surface area contributed by atoms with Gasteiger partial charge in [-0.15, -0.1) is 0 Å². The first-order chi connectivity index (χ1) is 9.58. The lowest BCUT2D eigenvalue weighted by atomic mass is 10.1. The number of esters is 2. The van der Waals surface area contributed by atoms with Crippen LogP contribution in [0.4, 0.5) is 0 Å². The molecule has 1 aliphatic heterocycles. The zero-order valence-electron chi connectivity index (χ0n) is 11.0. The molecule has 0 aromatic heterocycles. The predicted molar refractivity (Wildman–Crippen MR) is 68.0 cm³/mol. The number of carbonyl (C=O) groups excluding carboxylic acids is 2. The molecular formula is C14H16O6. The summed E-state index contributed by atoms with van der Waals surface area (Å²) < 4.78 is 15.3. The SMILES string of the molecule is CC(=O)O[C@H]1COCC(OC(=O)c2ccccc2)C1O. The molecule has 108 valence electrons. The fourth-order valence-corrected chi connectivity index (χ4v) is 1.94. The quantitative estimate of drug-likeness (QED) is 0.814. The number of aliphatic hydroxyl groups excluding tert-OH is 1. The molecule has 3 atom stereocenters. The summed E-state index contributed by atoms with van der Waals surface area (Å²) in [6, 6.07) is 8.44. The third-order valence-electron chi connectivity index (χ3n) is 2.91. The van der Waals surface area contributed by atoms with Crippen LogP contribution in [0.25, 0.3) is 0 Å². The summed E-state index contributed by atoms with van der Waals surface area (Å²) in [6.45, 7) is 1.39. The Hall–Kier alpha value is -1.92. The van der Waals surface area contributed by atoms with Crippen molar-refractivity contribution in [3.05, 3.63) is 35.9 Å². The number of benzene rings is 1. The van der Waals surface area contributed by atoms with Gasteiger partial charge in [0.2, 0.25) is 0 Å². The van der Waals surface area contributed by atoms with Gasteiger partial charge >= 0.3 is 11.9 Å². The molecule has 1 saturated heterocycles. The summed E-state index contributed by atoms with van der Waals surface area (Å²) in [4.78, 5) is 22.8. The maximum atomic E-state index is 11.9. The molecule has 1 heterocycles. The molecule has 2 rings (SSSR count). The average molecular weight is 280 g/mol. The van der Waals surface area contributed by atoms with Crippen LogP contribution in [0.1, 0.15) is 17.3 Å². The van der Waals surface area contributed by atoms with Crippen LogP contribution < -0.4 is 0 Å². The van der Waals surface area contributed by atoms with E-state index >= 15 is 0 Å². The average Bonchev–Trinajstić information content (AvgIpc) is 2.43. The zero-order chi connectivity index (χ0) is 14.5. The normalized spacial score (nSPS) is 25.8. The van der Waals surface area contributed by atoms with Crippen LogP contribution in [0.15, 0.2) is 30.3 Å². The van der Waals surface area contributed by atoms with E-state index in [9.17, 15) is 14.7 Å². The summed E-state index contributed by atoms with van der Waals surface area (Å²) in [7, 11) is 0. The molecule has 1 aromatic rings. The van der Waals surface area contributed by atoms with Gasteiger partial charge in [0, 0.05) is 6.92 Å². The Morgan fingerprint density at radius 3 is 2.35 bits per heavy atom. The molecule has 0 saturated carbocycles. The van der Waals surface area contributed by atoms with Gasteiger partial charge in [-0.05, 0) is 12.1 Å². The molecule has 0 bridgehead atoms. The van der Waals surface area contributed by atoms with Crippen LogP contribution in [-0.4, -0.2) is 48.6 Å². The smallest absolute Gasteiger partial charge is 0.338 e. The van der Waals surface area contributed by atoms with Crippen LogP contribution in [-0.2, 0) is 19.0 Å². The molecular weight excluding hydrogens is 264 g/mol. The highest BCUT2D eigenvalue weighted by molar-refractivity contribution is 5.89. The second kappa shape index (κ2) is 6.49. The van der Waals surface area contributed by atoms with Gasteiger partial charge in [-0.2, -0.15) is 0 Å². The maximum absolute atomic E-state index is 11.9. The van der Waals surface area contributed by atoms with Crippen LogP contribution in [0.2, 0.25) is 0 Å².